The maximum Gasteiger partial charge on any atom is 0.0467 e. The molecule has 2 nitrogen and oxygen atoms in total. The fourth-order valence-corrected chi connectivity index (χ4v) is 2.29. The van der Waals surface area contributed by atoms with E-state index in [2.05, 4.69) is 57.8 Å². The van der Waals surface area contributed by atoms with E-state index >= 15 is 0 Å². The SMILES string of the molecule is CCC(C)CN(C)C(CN)c1ccc(C)c(C)c1. The second-order valence-electron chi connectivity index (χ2n) is 5.55. The topological polar surface area (TPSA) is 29.3 Å². The Bertz CT molecular complexity index is 373. The Kier molecular flexibility index (Phi) is 5.83. The molecule has 1 rings (SSSR count). The van der Waals surface area contributed by atoms with Crippen molar-refractivity contribution in [3.63, 3.8) is 0 Å². The van der Waals surface area contributed by atoms with Gasteiger partial charge in [0.2, 0.25) is 0 Å². The van der Waals surface area contributed by atoms with E-state index in [1.807, 2.05) is 0 Å². The highest BCUT2D eigenvalue weighted by Crippen LogP contribution is 2.22. The first-order chi connectivity index (χ1) is 8.49. The van der Waals surface area contributed by atoms with Crippen molar-refractivity contribution in [3.8, 4) is 0 Å². The molecule has 0 saturated heterocycles. The number of aryl methyl sites for hydroxylation is 2. The lowest BCUT2D eigenvalue weighted by Crippen LogP contribution is -2.33. The van der Waals surface area contributed by atoms with E-state index in [9.17, 15) is 0 Å². The maximum absolute atomic E-state index is 5.97. The minimum Gasteiger partial charge on any atom is -0.329 e. The molecule has 2 heteroatoms. The average Bonchev–Trinajstić information content (AvgIpc) is 2.34. The lowest BCUT2D eigenvalue weighted by atomic mass is 9.99. The van der Waals surface area contributed by atoms with Crippen molar-refractivity contribution in [2.45, 2.75) is 40.2 Å². The summed E-state index contributed by atoms with van der Waals surface area (Å²) in [7, 11) is 2.18. The zero-order valence-electron chi connectivity index (χ0n) is 12.5. The van der Waals surface area contributed by atoms with Crippen LogP contribution in [0.15, 0.2) is 18.2 Å². The molecule has 0 aromatic heterocycles. The first kappa shape index (κ1) is 15.2. The molecule has 0 aliphatic rings. The van der Waals surface area contributed by atoms with Gasteiger partial charge in [-0.15, -0.1) is 0 Å². The van der Waals surface area contributed by atoms with Gasteiger partial charge in [-0.1, -0.05) is 38.5 Å². The van der Waals surface area contributed by atoms with Gasteiger partial charge in [0, 0.05) is 19.1 Å². The summed E-state index contributed by atoms with van der Waals surface area (Å²) in [6, 6.07) is 7.02. The lowest BCUT2D eigenvalue weighted by Gasteiger charge is -2.30. The van der Waals surface area contributed by atoms with Crippen LogP contribution < -0.4 is 5.73 Å². The van der Waals surface area contributed by atoms with Crippen molar-refractivity contribution in [1.29, 1.82) is 0 Å². The Labute approximate surface area is 112 Å². The second kappa shape index (κ2) is 6.91. The van der Waals surface area contributed by atoms with Crippen molar-refractivity contribution in [3.05, 3.63) is 34.9 Å². The number of rotatable bonds is 6. The van der Waals surface area contributed by atoms with E-state index in [1.54, 1.807) is 0 Å². The minimum atomic E-state index is 0.332. The van der Waals surface area contributed by atoms with Crippen molar-refractivity contribution in [2.75, 3.05) is 20.1 Å². The molecule has 1 aromatic carbocycles. The summed E-state index contributed by atoms with van der Waals surface area (Å²) in [6.07, 6.45) is 1.22. The highest BCUT2D eigenvalue weighted by Gasteiger charge is 2.17. The highest BCUT2D eigenvalue weighted by molar-refractivity contribution is 5.31. The van der Waals surface area contributed by atoms with Gasteiger partial charge < -0.3 is 5.73 Å². The van der Waals surface area contributed by atoms with Crippen LogP contribution in [0.5, 0.6) is 0 Å². The molecular formula is C16H28N2. The number of benzene rings is 1. The largest absolute Gasteiger partial charge is 0.329 e. The number of likely N-dealkylation sites (N-methyl/N-ethyl adjacent to an activating group) is 1. The molecule has 0 fully saturated rings. The van der Waals surface area contributed by atoms with Crippen molar-refractivity contribution >= 4 is 0 Å². The monoisotopic (exact) mass is 248 g/mol. The Hall–Kier alpha value is -0.860. The van der Waals surface area contributed by atoms with Gasteiger partial charge in [-0.25, -0.2) is 0 Å². The Morgan fingerprint density at radius 3 is 2.39 bits per heavy atom. The summed E-state index contributed by atoms with van der Waals surface area (Å²) in [4.78, 5) is 2.39. The van der Waals surface area contributed by atoms with Crippen LogP contribution >= 0.6 is 0 Å². The van der Waals surface area contributed by atoms with Gasteiger partial charge in [0.1, 0.15) is 0 Å². The van der Waals surface area contributed by atoms with Crippen LogP contribution in [-0.2, 0) is 0 Å². The molecule has 2 atom stereocenters. The predicted octanol–water partition coefficient (Wildman–Crippen LogP) is 3.28. The quantitative estimate of drug-likeness (QED) is 0.837. The van der Waals surface area contributed by atoms with Crippen molar-refractivity contribution in [2.24, 2.45) is 11.7 Å². The first-order valence-corrected chi connectivity index (χ1v) is 6.97. The summed E-state index contributed by atoms with van der Waals surface area (Å²) in [5, 5.41) is 0. The first-order valence-electron chi connectivity index (χ1n) is 6.97. The molecule has 0 bridgehead atoms. The average molecular weight is 248 g/mol. The van der Waals surface area contributed by atoms with Crippen LogP contribution in [0.25, 0.3) is 0 Å². The Balaban J connectivity index is 2.84. The third-order valence-electron chi connectivity index (χ3n) is 3.97. The molecule has 18 heavy (non-hydrogen) atoms. The lowest BCUT2D eigenvalue weighted by molar-refractivity contribution is 0.215. The summed E-state index contributed by atoms with van der Waals surface area (Å²) in [5.74, 6) is 0.718. The molecule has 0 heterocycles. The van der Waals surface area contributed by atoms with E-state index < -0.39 is 0 Å². The molecule has 0 spiro atoms. The normalized spacial score (nSPS) is 14.8. The molecule has 2 unspecified atom stereocenters. The zero-order valence-corrected chi connectivity index (χ0v) is 12.5. The summed E-state index contributed by atoms with van der Waals surface area (Å²) in [5.41, 5.74) is 10.0. The van der Waals surface area contributed by atoms with Gasteiger partial charge in [-0.05, 0) is 43.5 Å². The fraction of sp³-hybridized carbons (Fsp3) is 0.625. The molecule has 1 aromatic rings. The molecule has 0 amide bonds. The maximum atomic E-state index is 5.97. The standard InChI is InChI=1S/C16H28N2/c1-6-12(2)11-18(5)16(10-17)15-8-7-13(3)14(4)9-15/h7-9,12,16H,6,10-11,17H2,1-5H3. The van der Waals surface area contributed by atoms with Gasteiger partial charge in [0.25, 0.3) is 0 Å². The summed E-state index contributed by atoms with van der Waals surface area (Å²) < 4.78 is 0. The number of nitrogens with zero attached hydrogens (tertiary/aromatic N) is 1. The van der Waals surface area contributed by atoms with Crippen LogP contribution in [0.4, 0.5) is 0 Å². The van der Waals surface area contributed by atoms with E-state index in [-0.39, 0.29) is 0 Å². The van der Waals surface area contributed by atoms with Crippen LogP contribution in [0.1, 0.15) is 43.0 Å². The number of hydrogen-bond donors (Lipinski definition) is 1. The van der Waals surface area contributed by atoms with E-state index in [0.717, 1.165) is 12.5 Å². The number of hydrogen-bond acceptors (Lipinski definition) is 2. The van der Waals surface area contributed by atoms with E-state index in [0.29, 0.717) is 12.6 Å². The van der Waals surface area contributed by atoms with Gasteiger partial charge in [0.05, 0.1) is 0 Å². The van der Waals surface area contributed by atoms with Gasteiger partial charge >= 0.3 is 0 Å². The second-order valence-corrected chi connectivity index (χ2v) is 5.55. The van der Waals surface area contributed by atoms with E-state index in [4.69, 9.17) is 5.73 Å². The summed E-state index contributed by atoms with van der Waals surface area (Å²) in [6.45, 7) is 10.6. The third kappa shape index (κ3) is 3.82. The van der Waals surface area contributed by atoms with Crippen molar-refractivity contribution in [1.82, 2.24) is 4.90 Å². The fourth-order valence-electron chi connectivity index (χ4n) is 2.29. The molecule has 0 saturated carbocycles. The van der Waals surface area contributed by atoms with Crippen LogP contribution in [0, 0.1) is 19.8 Å². The van der Waals surface area contributed by atoms with Crippen LogP contribution in [0.3, 0.4) is 0 Å². The van der Waals surface area contributed by atoms with E-state index in [1.165, 1.54) is 23.1 Å². The molecule has 2 N–H and O–H groups in total. The minimum absolute atomic E-state index is 0.332. The Morgan fingerprint density at radius 2 is 1.89 bits per heavy atom. The highest BCUT2D eigenvalue weighted by atomic mass is 15.1. The molecule has 0 radical (unpaired) electrons. The number of nitrogens with two attached hydrogens (primary N) is 1. The van der Waals surface area contributed by atoms with Crippen LogP contribution in [-0.4, -0.2) is 25.0 Å². The van der Waals surface area contributed by atoms with Gasteiger partial charge in [-0.2, -0.15) is 0 Å². The third-order valence-corrected chi connectivity index (χ3v) is 3.97. The molecule has 102 valence electrons. The summed E-state index contributed by atoms with van der Waals surface area (Å²) >= 11 is 0. The molecule has 0 aliphatic carbocycles. The predicted molar refractivity (Wildman–Crippen MR) is 79.8 cm³/mol. The Morgan fingerprint density at radius 1 is 1.22 bits per heavy atom. The van der Waals surface area contributed by atoms with Crippen LogP contribution in [0.2, 0.25) is 0 Å². The zero-order chi connectivity index (χ0) is 13.7. The van der Waals surface area contributed by atoms with Gasteiger partial charge in [0.15, 0.2) is 0 Å². The molecular weight excluding hydrogens is 220 g/mol. The molecule has 0 aliphatic heterocycles. The van der Waals surface area contributed by atoms with Gasteiger partial charge in [-0.3, -0.25) is 4.90 Å². The smallest absolute Gasteiger partial charge is 0.0467 e. The van der Waals surface area contributed by atoms with Crippen molar-refractivity contribution < 1.29 is 0 Å².